The molecule has 6 nitrogen and oxygen atoms in total. The van der Waals surface area contributed by atoms with Gasteiger partial charge in [-0.2, -0.15) is 0 Å². The van der Waals surface area contributed by atoms with Crippen LogP contribution in [0.15, 0.2) is 42.5 Å². The number of urea groups is 1. The molecule has 2 aromatic rings. The molecule has 0 saturated carbocycles. The molecule has 7 heteroatoms. The summed E-state index contributed by atoms with van der Waals surface area (Å²) in [7, 11) is 0. The maximum absolute atomic E-state index is 12.6. The molecule has 1 atom stereocenters. The highest BCUT2D eigenvalue weighted by molar-refractivity contribution is 6.30. The number of anilines is 2. The number of hydrogen-bond acceptors (Lipinski definition) is 3. The first-order valence-electron chi connectivity index (χ1n) is 9.07. The van der Waals surface area contributed by atoms with E-state index in [0.29, 0.717) is 22.1 Å². The number of benzene rings is 2. The number of fused-ring (bicyclic) bond motifs is 1. The Balaban J connectivity index is 1.85. The molecule has 0 unspecified atom stereocenters. The van der Waals surface area contributed by atoms with E-state index in [4.69, 9.17) is 16.3 Å². The van der Waals surface area contributed by atoms with Crippen molar-refractivity contribution < 1.29 is 14.3 Å². The Morgan fingerprint density at radius 2 is 1.96 bits per heavy atom. The van der Waals surface area contributed by atoms with Gasteiger partial charge in [0.15, 0.2) is 6.61 Å². The largest absolute Gasteiger partial charge is 0.481 e. The fourth-order valence-electron chi connectivity index (χ4n) is 3.09. The van der Waals surface area contributed by atoms with Gasteiger partial charge < -0.3 is 15.4 Å². The molecule has 0 bridgehead atoms. The molecule has 0 radical (unpaired) electrons. The summed E-state index contributed by atoms with van der Waals surface area (Å²) < 4.78 is 5.61. The topological polar surface area (TPSA) is 70.7 Å². The van der Waals surface area contributed by atoms with Crippen LogP contribution in [0, 0.1) is 0 Å². The van der Waals surface area contributed by atoms with E-state index < -0.39 is 0 Å². The van der Waals surface area contributed by atoms with E-state index in [-0.39, 0.29) is 30.1 Å². The Morgan fingerprint density at radius 1 is 1.21 bits per heavy atom. The summed E-state index contributed by atoms with van der Waals surface area (Å²) in [6.07, 6.45) is 0. The van der Waals surface area contributed by atoms with Gasteiger partial charge >= 0.3 is 6.03 Å². The molecule has 1 aliphatic rings. The quantitative estimate of drug-likeness (QED) is 0.779. The zero-order valence-electron chi connectivity index (χ0n) is 16.4. The number of hydrogen-bond donors (Lipinski definition) is 2. The Bertz CT molecular complexity index is 908. The maximum Gasteiger partial charge on any atom is 0.319 e. The molecule has 148 valence electrons. The zero-order chi connectivity index (χ0) is 20.5. The molecule has 3 rings (SSSR count). The SMILES string of the molecule is C[C@H](c1cccc(Cl)c1)N1C(=O)COc2cc(NC(=O)NC(C)(C)C)ccc21. The third kappa shape index (κ3) is 4.57. The standard InChI is InChI=1S/C21H24ClN3O3/c1-13(14-6-5-7-15(22)10-14)25-17-9-8-16(11-18(17)28-12-19(25)26)23-20(27)24-21(2,3)4/h5-11,13H,12H2,1-4H3,(H2,23,24,27)/t13-/m1/s1. The van der Waals surface area contributed by atoms with Crippen molar-refractivity contribution >= 4 is 34.9 Å². The highest BCUT2D eigenvalue weighted by Gasteiger charge is 2.30. The number of amides is 3. The molecule has 1 heterocycles. The minimum Gasteiger partial charge on any atom is -0.481 e. The highest BCUT2D eigenvalue weighted by atomic mass is 35.5. The second-order valence-corrected chi connectivity index (χ2v) is 8.23. The number of nitrogens with one attached hydrogen (secondary N) is 2. The van der Waals surface area contributed by atoms with Gasteiger partial charge in [-0.3, -0.25) is 9.69 Å². The number of carbonyl (C=O) groups is 2. The van der Waals surface area contributed by atoms with Crippen LogP contribution in [0.5, 0.6) is 5.75 Å². The number of carbonyl (C=O) groups excluding carboxylic acids is 2. The minimum atomic E-state index is -0.343. The molecule has 28 heavy (non-hydrogen) atoms. The minimum absolute atomic E-state index is 0.0600. The zero-order valence-corrected chi connectivity index (χ0v) is 17.1. The van der Waals surface area contributed by atoms with Crippen LogP contribution in [0.3, 0.4) is 0 Å². The molecule has 0 spiro atoms. The van der Waals surface area contributed by atoms with Crippen LogP contribution < -0.4 is 20.3 Å². The van der Waals surface area contributed by atoms with Crippen LogP contribution in [-0.4, -0.2) is 24.1 Å². The van der Waals surface area contributed by atoms with Gasteiger partial charge in [-0.1, -0.05) is 23.7 Å². The van der Waals surface area contributed by atoms with E-state index in [2.05, 4.69) is 10.6 Å². The monoisotopic (exact) mass is 401 g/mol. The van der Waals surface area contributed by atoms with Crippen LogP contribution in [0.1, 0.15) is 39.3 Å². The van der Waals surface area contributed by atoms with E-state index >= 15 is 0 Å². The highest BCUT2D eigenvalue weighted by Crippen LogP contribution is 2.39. The Labute approximate surface area is 169 Å². The van der Waals surface area contributed by atoms with E-state index in [9.17, 15) is 9.59 Å². The van der Waals surface area contributed by atoms with E-state index in [0.717, 1.165) is 5.56 Å². The van der Waals surface area contributed by atoms with Crippen LogP contribution in [0.25, 0.3) is 0 Å². The fourth-order valence-corrected chi connectivity index (χ4v) is 3.29. The average molecular weight is 402 g/mol. The van der Waals surface area contributed by atoms with Gasteiger partial charge in [0.1, 0.15) is 5.75 Å². The maximum atomic E-state index is 12.6. The summed E-state index contributed by atoms with van der Waals surface area (Å²) in [6, 6.07) is 12.2. The first kappa shape index (κ1) is 20.0. The first-order valence-corrected chi connectivity index (χ1v) is 9.45. The Morgan fingerprint density at radius 3 is 2.64 bits per heavy atom. The molecule has 3 amide bonds. The molecule has 1 aliphatic heterocycles. The number of rotatable bonds is 3. The molecular formula is C21H24ClN3O3. The van der Waals surface area contributed by atoms with Crippen molar-refractivity contribution in [3.8, 4) is 5.75 Å². The molecule has 0 fully saturated rings. The van der Waals surface area contributed by atoms with Crippen LogP contribution in [-0.2, 0) is 4.79 Å². The summed E-state index contributed by atoms with van der Waals surface area (Å²) in [5, 5.41) is 6.25. The Hall–Kier alpha value is -2.73. The van der Waals surface area contributed by atoms with Gasteiger partial charge in [0.2, 0.25) is 0 Å². The predicted octanol–water partition coefficient (Wildman–Crippen LogP) is 4.75. The lowest BCUT2D eigenvalue weighted by Crippen LogP contribution is -2.43. The van der Waals surface area contributed by atoms with Gasteiger partial charge in [-0.05, 0) is 57.5 Å². The summed E-state index contributed by atoms with van der Waals surface area (Å²) in [5.41, 5.74) is 1.83. The van der Waals surface area contributed by atoms with Crippen molar-refractivity contribution in [3.63, 3.8) is 0 Å². The van der Waals surface area contributed by atoms with Gasteiger partial charge in [-0.15, -0.1) is 0 Å². The number of halogens is 1. The van der Waals surface area contributed by atoms with Gasteiger partial charge in [0.05, 0.1) is 11.7 Å². The lowest BCUT2D eigenvalue weighted by Gasteiger charge is -2.34. The van der Waals surface area contributed by atoms with Crippen molar-refractivity contribution in [2.45, 2.75) is 39.3 Å². The predicted molar refractivity (Wildman–Crippen MR) is 111 cm³/mol. The number of nitrogens with zero attached hydrogens (tertiary/aromatic N) is 1. The lowest BCUT2D eigenvalue weighted by molar-refractivity contribution is -0.121. The number of ether oxygens (including phenoxy) is 1. The van der Waals surface area contributed by atoms with Gasteiger partial charge in [0.25, 0.3) is 5.91 Å². The van der Waals surface area contributed by atoms with Crippen LogP contribution in [0.4, 0.5) is 16.2 Å². The Kier molecular flexibility index (Phi) is 5.52. The third-order valence-electron chi connectivity index (χ3n) is 4.30. The van der Waals surface area contributed by atoms with E-state index in [1.807, 2.05) is 45.9 Å². The second kappa shape index (κ2) is 7.72. The van der Waals surface area contributed by atoms with Crippen LogP contribution >= 0.6 is 11.6 Å². The van der Waals surface area contributed by atoms with Crippen molar-refractivity contribution in [1.82, 2.24) is 5.32 Å². The van der Waals surface area contributed by atoms with E-state index in [1.165, 1.54) is 0 Å². The molecular weight excluding hydrogens is 378 g/mol. The second-order valence-electron chi connectivity index (χ2n) is 7.80. The van der Waals surface area contributed by atoms with Crippen molar-refractivity contribution in [2.75, 3.05) is 16.8 Å². The fraction of sp³-hybridized carbons (Fsp3) is 0.333. The molecule has 0 aliphatic carbocycles. The summed E-state index contributed by atoms with van der Waals surface area (Å²) in [4.78, 5) is 26.4. The first-order chi connectivity index (χ1) is 13.1. The molecule has 0 saturated heterocycles. The smallest absolute Gasteiger partial charge is 0.319 e. The third-order valence-corrected chi connectivity index (χ3v) is 4.54. The molecule has 2 N–H and O–H groups in total. The van der Waals surface area contributed by atoms with E-state index in [1.54, 1.807) is 29.2 Å². The molecule has 0 aromatic heterocycles. The summed E-state index contributed by atoms with van der Waals surface area (Å²) in [5.74, 6) is 0.410. The summed E-state index contributed by atoms with van der Waals surface area (Å²) in [6.45, 7) is 7.60. The summed E-state index contributed by atoms with van der Waals surface area (Å²) >= 11 is 6.11. The van der Waals surface area contributed by atoms with Crippen molar-refractivity contribution in [3.05, 3.63) is 53.1 Å². The van der Waals surface area contributed by atoms with Gasteiger partial charge in [0, 0.05) is 22.3 Å². The van der Waals surface area contributed by atoms with Crippen LogP contribution in [0.2, 0.25) is 5.02 Å². The molecule has 2 aromatic carbocycles. The van der Waals surface area contributed by atoms with Crippen molar-refractivity contribution in [1.29, 1.82) is 0 Å². The lowest BCUT2D eigenvalue weighted by atomic mass is 10.0. The van der Waals surface area contributed by atoms with Crippen molar-refractivity contribution in [2.24, 2.45) is 0 Å². The normalized spacial score (nSPS) is 14.8. The van der Waals surface area contributed by atoms with Gasteiger partial charge in [-0.25, -0.2) is 4.79 Å². The average Bonchev–Trinajstić information content (AvgIpc) is 2.59.